The van der Waals surface area contributed by atoms with Crippen LogP contribution in [0.1, 0.15) is 31.2 Å². The van der Waals surface area contributed by atoms with Crippen LogP contribution in [0.15, 0.2) is 18.2 Å². The molecule has 1 fully saturated rings. The molecule has 0 amide bonds. The van der Waals surface area contributed by atoms with Crippen LogP contribution in [0.3, 0.4) is 0 Å². The summed E-state index contributed by atoms with van der Waals surface area (Å²) in [5.74, 6) is -0.255. The van der Waals surface area contributed by atoms with Gasteiger partial charge in [0.05, 0.1) is 0 Å². The van der Waals surface area contributed by atoms with E-state index in [4.69, 9.17) is 11.6 Å². The smallest absolute Gasteiger partial charge is 0.125 e. The van der Waals surface area contributed by atoms with Crippen molar-refractivity contribution < 1.29 is 4.39 Å². The average Bonchev–Trinajstić information content (AvgIpc) is 2.37. The normalized spacial score (nSPS) is 23.8. The molecule has 1 N–H and O–H groups in total. The van der Waals surface area contributed by atoms with Crippen LogP contribution in [0.2, 0.25) is 5.02 Å². The van der Waals surface area contributed by atoms with Gasteiger partial charge in [0, 0.05) is 23.7 Å². The van der Waals surface area contributed by atoms with Gasteiger partial charge in [0.2, 0.25) is 0 Å². The maximum absolute atomic E-state index is 13.3. The van der Waals surface area contributed by atoms with Crippen molar-refractivity contribution >= 4 is 11.6 Å². The molecule has 1 aliphatic carbocycles. The van der Waals surface area contributed by atoms with E-state index < -0.39 is 0 Å². The number of nitrogens with one attached hydrogen (secondary N) is 1. The Hall–Kier alpha value is -0.640. The Morgan fingerprint density at radius 3 is 2.53 bits per heavy atom. The summed E-state index contributed by atoms with van der Waals surface area (Å²) >= 11 is 5.89. The highest BCUT2D eigenvalue weighted by atomic mass is 35.5. The van der Waals surface area contributed by atoms with Crippen molar-refractivity contribution in [2.75, 3.05) is 14.1 Å². The Morgan fingerprint density at radius 1 is 1.26 bits per heavy atom. The molecule has 0 bridgehead atoms. The van der Waals surface area contributed by atoms with Gasteiger partial charge < -0.3 is 5.32 Å². The molecule has 0 radical (unpaired) electrons. The standard InChI is InChI=1S/C15H22ClFN2/c1-18-14-3-5-15(6-4-14)19(2)10-11-7-12(16)9-13(17)8-11/h7-9,14-15,18H,3-6,10H2,1-2H3. The van der Waals surface area contributed by atoms with Crippen molar-refractivity contribution in [3.8, 4) is 0 Å². The minimum atomic E-state index is -0.255. The number of benzene rings is 1. The van der Waals surface area contributed by atoms with E-state index in [-0.39, 0.29) is 5.82 Å². The lowest BCUT2D eigenvalue weighted by Gasteiger charge is -2.34. The van der Waals surface area contributed by atoms with Crippen LogP contribution in [0.25, 0.3) is 0 Å². The van der Waals surface area contributed by atoms with Gasteiger partial charge in [-0.2, -0.15) is 0 Å². The summed E-state index contributed by atoms with van der Waals surface area (Å²) < 4.78 is 13.3. The van der Waals surface area contributed by atoms with Crippen LogP contribution in [0.4, 0.5) is 4.39 Å². The van der Waals surface area contributed by atoms with Gasteiger partial charge in [0.25, 0.3) is 0 Å². The average molecular weight is 285 g/mol. The first-order valence-corrected chi connectivity index (χ1v) is 7.28. The Morgan fingerprint density at radius 2 is 1.95 bits per heavy atom. The molecule has 0 saturated heterocycles. The number of hydrogen-bond acceptors (Lipinski definition) is 2. The van der Waals surface area contributed by atoms with Crippen LogP contribution in [-0.4, -0.2) is 31.1 Å². The summed E-state index contributed by atoms with van der Waals surface area (Å²) in [7, 11) is 4.15. The van der Waals surface area contributed by atoms with Crippen molar-refractivity contribution in [1.82, 2.24) is 10.2 Å². The van der Waals surface area contributed by atoms with Gasteiger partial charge in [0.1, 0.15) is 5.82 Å². The predicted octanol–water partition coefficient (Wildman–Crippen LogP) is 3.44. The van der Waals surface area contributed by atoms with Gasteiger partial charge in [-0.25, -0.2) is 4.39 Å². The van der Waals surface area contributed by atoms with Crippen molar-refractivity contribution in [3.63, 3.8) is 0 Å². The molecule has 1 aromatic rings. The van der Waals surface area contributed by atoms with Crippen LogP contribution in [-0.2, 0) is 6.54 Å². The van der Waals surface area contributed by atoms with E-state index in [0.717, 1.165) is 12.1 Å². The van der Waals surface area contributed by atoms with E-state index >= 15 is 0 Å². The number of rotatable bonds is 4. The summed E-state index contributed by atoms with van der Waals surface area (Å²) in [6.45, 7) is 0.756. The monoisotopic (exact) mass is 284 g/mol. The third-order valence-electron chi connectivity index (χ3n) is 4.08. The summed E-state index contributed by atoms with van der Waals surface area (Å²) in [5.41, 5.74) is 0.947. The predicted molar refractivity (Wildman–Crippen MR) is 78.0 cm³/mol. The zero-order valence-corrected chi connectivity index (χ0v) is 12.4. The van der Waals surface area contributed by atoms with Gasteiger partial charge in [-0.15, -0.1) is 0 Å². The third kappa shape index (κ3) is 4.16. The molecule has 19 heavy (non-hydrogen) atoms. The van der Waals surface area contributed by atoms with Crippen molar-refractivity contribution in [2.24, 2.45) is 0 Å². The number of hydrogen-bond donors (Lipinski definition) is 1. The molecular formula is C15H22ClFN2. The highest BCUT2D eigenvalue weighted by Gasteiger charge is 2.23. The molecular weight excluding hydrogens is 263 g/mol. The highest BCUT2D eigenvalue weighted by molar-refractivity contribution is 6.30. The van der Waals surface area contributed by atoms with E-state index in [9.17, 15) is 4.39 Å². The minimum absolute atomic E-state index is 0.255. The first-order chi connectivity index (χ1) is 9.08. The van der Waals surface area contributed by atoms with Crippen molar-refractivity contribution in [2.45, 2.75) is 44.3 Å². The Kier molecular flexibility index (Phi) is 5.20. The second-order valence-electron chi connectivity index (χ2n) is 5.49. The largest absolute Gasteiger partial charge is 0.317 e. The maximum atomic E-state index is 13.3. The molecule has 106 valence electrons. The fourth-order valence-electron chi connectivity index (χ4n) is 2.92. The van der Waals surface area contributed by atoms with E-state index in [1.807, 2.05) is 13.1 Å². The zero-order valence-electron chi connectivity index (χ0n) is 11.6. The molecule has 1 saturated carbocycles. The van der Waals surface area contributed by atoms with Crippen molar-refractivity contribution in [1.29, 1.82) is 0 Å². The first kappa shape index (κ1) is 14.8. The SMILES string of the molecule is CNC1CCC(N(C)Cc2cc(F)cc(Cl)c2)CC1. The molecule has 0 unspecified atom stereocenters. The molecule has 0 spiro atoms. The maximum Gasteiger partial charge on any atom is 0.125 e. The second kappa shape index (κ2) is 6.69. The number of halogens is 2. The molecule has 0 aromatic heterocycles. The third-order valence-corrected chi connectivity index (χ3v) is 4.30. The lowest BCUT2D eigenvalue weighted by molar-refractivity contribution is 0.170. The Balaban J connectivity index is 1.92. The van der Waals surface area contributed by atoms with Crippen molar-refractivity contribution in [3.05, 3.63) is 34.6 Å². The zero-order chi connectivity index (χ0) is 13.8. The van der Waals surface area contributed by atoms with Gasteiger partial charge in [-0.05, 0) is 63.5 Å². The van der Waals surface area contributed by atoms with E-state index in [1.54, 1.807) is 6.07 Å². The molecule has 2 rings (SSSR count). The fraction of sp³-hybridized carbons (Fsp3) is 0.600. The molecule has 2 nitrogen and oxygen atoms in total. The Labute approximate surface area is 119 Å². The first-order valence-electron chi connectivity index (χ1n) is 6.91. The van der Waals surface area contributed by atoms with Crippen LogP contribution < -0.4 is 5.32 Å². The molecule has 0 atom stereocenters. The molecule has 0 aliphatic heterocycles. The van der Waals surface area contributed by atoms with E-state index in [2.05, 4.69) is 17.3 Å². The fourth-order valence-corrected chi connectivity index (χ4v) is 3.17. The number of nitrogens with zero attached hydrogens (tertiary/aromatic N) is 1. The van der Waals surface area contributed by atoms with Crippen LogP contribution >= 0.6 is 11.6 Å². The molecule has 1 aliphatic rings. The Bertz CT molecular complexity index is 396. The van der Waals surface area contributed by atoms with Gasteiger partial charge in [0.15, 0.2) is 0 Å². The van der Waals surface area contributed by atoms with Gasteiger partial charge >= 0.3 is 0 Å². The van der Waals surface area contributed by atoms with Crippen LogP contribution in [0, 0.1) is 5.82 Å². The lowest BCUT2D eigenvalue weighted by Crippen LogP contribution is -2.39. The topological polar surface area (TPSA) is 15.3 Å². The summed E-state index contributed by atoms with van der Waals surface area (Å²) in [6, 6.07) is 6.02. The summed E-state index contributed by atoms with van der Waals surface area (Å²) in [6.07, 6.45) is 4.83. The van der Waals surface area contributed by atoms with E-state index in [0.29, 0.717) is 17.1 Å². The molecule has 4 heteroatoms. The quantitative estimate of drug-likeness (QED) is 0.911. The molecule has 0 heterocycles. The summed E-state index contributed by atoms with van der Waals surface area (Å²) in [5, 5.41) is 3.82. The van der Waals surface area contributed by atoms with E-state index in [1.165, 1.54) is 31.7 Å². The summed E-state index contributed by atoms with van der Waals surface area (Å²) in [4.78, 5) is 2.32. The van der Waals surface area contributed by atoms with Crippen LogP contribution in [0.5, 0.6) is 0 Å². The second-order valence-corrected chi connectivity index (χ2v) is 5.92. The van der Waals surface area contributed by atoms with Gasteiger partial charge in [-0.3, -0.25) is 4.90 Å². The highest BCUT2D eigenvalue weighted by Crippen LogP contribution is 2.24. The minimum Gasteiger partial charge on any atom is -0.317 e. The lowest BCUT2D eigenvalue weighted by atomic mass is 9.90. The van der Waals surface area contributed by atoms with Gasteiger partial charge in [-0.1, -0.05) is 11.6 Å². The molecule has 1 aromatic carbocycles.